The van der Waals surface area contributed by atoms with Gasteiger partial charge in [-0.25, -0.2) is 4.98 Å². The van der Waals surface area contributed by atoms with E-state index in [1.54, 1.807) is 24.3 Å². The number of carbonyl (C=O) groups excluding carboxylic acids is 1. The molecular weight excluding hydrogens is 420 g/mol. The molecule has 0 aliphatic rings. The molecular formula is C16H9BrClF2N3O2. The van der Waals surface area contributed by atoms with E-state index in [4.69, 9.17) is 11.6 Å². The van der Waals surface area contributed by atoms with Crippen LogP contribution >= 0.6 is 27.5 Å². The zero-order valence-electron chi connectivity index (χ0n) is 12.3. The molecule has 0 bridgehead atoms. The number of rotatable bonds is 4. The van der Waals surface area contributed by atoms with E-state index in [-0.39, 0.29) is 26.6 Å². The summed E-state index contributed by atoms with van der Waals surface area (Å²) in [5.41, 5.74) is 1.18. The monoisotopic (exact) mass is 427 g/mol. The van der Waals surface area contributed by atoms with E-state index in [0.29, 0.717) is 11.0 Å². The number of ether oxygens (including phenoxy) is 1. The first kappa shape index (κ1) is 17.5. The summed E-state index contributed by atoms with van der Waals surface area (Å²) in [7, 11) is 0. The molecule has 1 amide bonds. The fraction of sp³-hybridized carbons (Fsp3) is 0.0625. The number of fused-ring (bicyclic) bond motifs is 1. The lowest BCUT2D eigenvalue weighted by Gasteiger charge is -2.14. The van der Waals surface area contributed by atoms with Crippen molar-refractivity contribution < 1.29 is 18.3 Å². The molecule has 0 aliphatic heterocycles. The second-order valence-corrected chi connectivity index (χ2v) is 6.13. The lowest BCUT2D eigenvalue weighted by Crippen LogP contribution is -2.16. The second kappa shape index (κ2) is 7.28. The topological polar surface area (TPSA) is 64.1 Å². The molecule has 0 unspecified atom stereocenters. The molecule has 3 rings (SSSR count). The Labute approximate surface area is 154 Å². The molecule has 0 radical (unpaired) electrons. The molecule has 0 aliphatic carbocycles. The molecule has 0 spiro atoms. The lowest BCUT2D eigenvalue weighted by atomic mass is 10.2. The Morgan fingerprint density at radius 2 is 1.96 bits per heavy atom. The standard InChI is InChI=1S/C16H9BrClF2N3O2/c17-9-5-8(18)6-12(14(9)25-16(19)20)23-15(24)13-7-21-10-3-1-2-4-11(10)22-13/h1-7,16H,(H,23,24). The molecule has 9 heteroatoms. The molecule has 0 saturated carbocycles. The van der Waals surface area contributed by atoms with E-state index in [2.05, 4.69) is 36.0 Å². The van der Waals surface area contributed by atoms with E-state index in [1.165, 1.54) is 18.3 Å². The van der Waals surface area contributed by atoms with Gasteiger partial charge in [0.2, 0.25) is 0 Å². The van der Waals surface area contributed by atoms with Crippen LogP contribution in [0.4, 0.5) is 14.5 Å². The molecule has 0 saturated heterocycles. The SMILES string of the molecule is O=C(Nc1cc(Cl)cc(Br)c1OC(F)F)c1cnc2ccccc2n1. The van der Waals surface area contributed by atoms with Gasteiger partial charge in [0, 0.05) is 5.02 Å². The maximum Gasteiger partial charge on any atom is 0.387 e. The Kier molecular flexibility index (Phi) is 5.10. The minimum atomic E-state index is -3.06. The largest absolute Gasteiger partial charge is 0.431 e. The number of nitrogens with zero attached hydrogens (tertiary/aromatic N) is 2. The Bertz CT molecular complexity index is 956. The van der Waals surface area contributed by atoms with Gasteiger partial charge in [-0.2, -0.15) is 8.78 Å². The number of aromatic nitrogens is 2. The van der Waals surface area contributed by atoms with Crippen LogP contribution in [0.25, 0.3) is 11.0 Å². The molecule has 1 N–H and O–H groups in total. The molecule has 0 atom stereocenters. The van der Waals surface area contributed by atoms with Gasteiger partial charge in [-0.3, -0.25) is 9.78 Å². The van der Waals surface area contributed by atoms with E-state index >= 15 is 0 Å². The summed E-state index contributed by atoms with van der Waals surface area (Å²) in [6.07, 6.45) is 1.30. The average molecular weight is 429 g/mol. The third kappa shape index (κ3) is 4.02. The average Bonchev–Trinajstić information content (AvgIpc) is 2.57. The van der Waals surface area contributed by atoms with E-state index in [9.17, 15) is 13.6 Å². The van der Waals surface area contributed by atoms with Gasteiger partial charge in [0.25, 0.3) is 5.91 Å². The van der Waals surface area contributed by atoms with Crippen LogP contribution in [0.2, 0.25) is 5.02 Å². The molecule has 3 aromatic rings. The van der Waals surface area contributed by atoms with Gasteiger partial charge < -0.3 is 10.1 Å². The lowest BCUT2D eigenvalue weighted by molar-refractivity contribution is -0.0498. The predicted octanol–water partition coefficient (Wildman–Crippen LogP) is 4.90. The number of para-hydroxylation sites is 2. The number of carbonyl (C=O) groups is 1. The summed E-state index contributed by atoms with van der Waals surface area (Å²) >= 11 is 9.00. The molecule has 0 fully saturated rings. The van der Waals surface area contributed by atoms with Gasteiger partial charge >= 0.3 is 6.61 Å². The maximum atomic E-state index is 12.6. The first-order valence-electron chi connectivity index (χ1n) is 6.91. The number of nitrogens with one attached hydrogen (secondary N) is 1. The summed E-state index contributed by atoms with van der Waals surface area (Å²) in [5, 5.41) is 2.69. The molecule has 1 aromatic heterocycles. The molecule has 25 heavy (non-hydrogen) atoms. The number of alkyl halides is 2. The Hall–Kier alpha value is -2.32. The van der Waals surface area contributed by atoms with Crippen molar-refractivity contribution in [2.45, 2.75) is 6.61 Å². The number of benzene rings is 2. The second-order valence-electron chi connectivity index (χ2n) is 4.84. The van der Waals surface area contributed by atoms with Crippen molar-refractivity contribution in [3.05, 3.63) is 57.8 Å². The van der Waals surface area contributed by atoms with Gasteiger partial charge in [0.15, 0.2) is 5.75 Å². The summed E-state index contributed by atoms with van der Waals surface area (Å²) in [6.45, 7) is -3.06. The van der Waals surface area contributed by atoms with E-state index in [1.807, 2.05) is 0 Å². The highest BCUT2D eigenvalue weighted by Gasteiger charge is 2.18. The summed E-state index contributed by atoms with van der Waals surface area (Å²) in [4.78, 5) is 20.7. The molecule has 1 heterocycles. The first-order valence-corrected chi connectivity index (χ1v) is 8.08. The van der Waals surface area contributed by atoms with Gasteiger partial charge in [-0.1, -0.05) is 23.7 Å². The fourth-order valence-corrected chi connectivity index (χ4v) is 3.02. The third-order valence-corrected chi connectivity index (χ3v) is 3.95. The van der Waals surface area contributed by atoms with Crippen LogP contribution in [0.15, 0.2) is 47.1 Å². The Morgan fingerprint density at radius 3 is 2.68 bits per heavy atom. The van der Waals surface area contributed by atoms with Crippen molar-refractivity contribution in [1.82, 2.24) is 9.97 Å². The van der Waals surface area contributed by atoms with Gasteiger partial charge in [0.05, 0.1) is 27.4 Å². The van der Waals surface area contributed by atoms with Crippen LogP contribution in [-0.2, 0) is 0 Å². The number of halogens is 4. The van der Waals surface area contributed by atoms with Crippen LogP contribution in [0.1, 0.15) is 10.5 Å². The number of anilines is 1. The van der Waals surface area contributed by atoms with Gasteiger partial charge in [0.1, 0.15) is 5.69 Å². The van der Waals surface area contributed by atoms with E-state index < -0.39 is 12.5 Å². The number of hydrogen-bond donors (Lipinski definition) is 1. The van der Waals surface area contributed by atoms with Crippen molar-refractivity contribution in [3.63, 3.8) is 0 Å². The van der Waals surface area contributed by atoms with Gasteiger partial charge in [-0.05, 0) is 40.2 Å². The Balaban J connectivity index is 1.93. The van der Waals surface area contributed by atoms with Crippen molar-refractivity contribution in [3.8, 4) is 5.75 Å². The van der Waals surface area contributed by atoms with Crippen molar-refractivity contribution in [2.75, 3.05) is 5.32 Å². The van der Waals surface area contributed by atoms with E-state index in [0.717, 1.165) is 0 Å². The maximum absolute atomic E-state index is 12.6. The van der Waals surface area contributed by atoms with Crippen molar-refractivity contribution >= 4 is 50.2 Å². The number of hydrogen-bond acceptors (Lipinski definition) is 4. The number of amides is 1. The first-order chi connectivity index (χ1) is 11.9. The highest BCUT2D eigenvalue weighted by Crippen LogP contribution is 2.37. The van der Waals surface area contributed by atoms with Crippen LogP contribution in [0.5, 0.6) is 5.75 Å². The summed E-state index contributed by atoms with van der Waals surface area (Å²) in [6, 6.07) is 9.71. The normalized spacial score (nSPS) is 10.9. The van der Waals surface area contributed by atoms with Crippen LogP contribution in [0.3, 0.4) is 0 Å². The minimum absolute atomic E-state index is 0.0142. The molecule has 2 aromatic carbocycles. The predicted molar refractivity (Wildman–Crippen MR) is 93.3 cm³/mol. The summed E-state index contributed by atoms with van der Waals surface area (Å²) < 4.78 is 29.8. The smallest absolute Gasteiger partial charge is 0.387 e. The molecule has 5 nitrogen and oxygen atoms in total. The highest BCUT2D eigenvalue weighted by molar-refractivity contribution is 9.10. The van der Waals surface area contributed by atoms with Crippen molar-refractivity contribution in [2.24, 2.45) is 0 Å². The summed E-state index contributed by atoms with van der Waals surface area (Å²) in [5.74, 6) is -0.868. The zero-order valence-corrected chi connectivity index (χ0v) is 14.7. The molecule has 128 valence electrons. The van der Waals surface area contributed by atoms with Crippen LogP contribution in [-0.4, -0.2) is 22.5 Å². The zero-order chi connectivity index (χ0) is 18.0. The van der Waals surface area contributed by atoms with Crippen LogP contribution in [0, 0.1) is 0 Å². The minimum Gasteiger partial charge on any atom is -0.431 e. The Morgan fingerprint density at radius 1 is 1.24 bits per heavy atom. The fourth-order valence-electron chi connectivity index (χ4n) is 2.12. The quantitative estimate of drug-likeness (QED) is 0.642. The third-order valence-electron chi connectivity index (χ3n) is 3.14. The van der Waals surface area contributed by atoms with Crippen LogP contribution < -0.4 is 10.1 Å². The van der Waals surface area contributed by atoms with Crippen molar-refractivity contribution in [1.29, 1.82) is 0 Å². The van der Waals surface area contributed by atoms with Gasteiger partial charge in [-0.15, -0.1) is 0 Å². The highest BCUT2D eigenvalue weighted by atomic mass is 79.9.